The molecule has 0 spiro atoms. The van der Waals surface area contributed by atoms with E-state index in [1.807, 2.05) is 268 Å². The van der Waals surface area contributed by atoms with E-state index in [1.165, 1.54) is 21.2 Å². The molecule has 9 aromatic heterocycles. The molecule has 0 aliphatic carbocycles. The van der Waals surface area contributed by atoms with Gasteiger partial charge in [0.2, 0.25) is 6.33 Å². The second-order valence-corrected chi connectivity index (χ2v) is 49.6. The van der Waals surface area contributed by atoms with Crippen molar-refractivity contribution in [2.75, 3.05) is 80.0 Å². The van der Waals surface area contributed by atoms with Crippen LogP contribution in [0.1, 0.15) is 0 Å². The largest absolute Gasteiger partial charge is 0.305 e. The molecule has 0 aliphatic heterocycles. The molecule has 0 unspecified atom stereocenters. The molecule has 21 heteroatoms. The van der Waals surface area contributed by atoms with Gasteiger partial charge in [-0.2, -0.15) is 4.57 Å². The number of nitrogens with zero attached hydrogens (tertiary/aromatic N) is 10. The number of rotatable bonds is 13. The summed E-state index contributed by atoms with van der Waals surface area (Å²) in [6.45, 7) is 28.0. The molecule has 5 radical (unpaired) electrons. The van der Waals surface area contributed by atoms with Gasteiger partial charge in [-0.15, -0.1) is 185 Å². The summed E-state index contributed by atoms with van der Waals surface area (Å²) in [5, 5.41) is 5.70. The van der Waals surface area contributed by atoms with Crippen molar-refractivity contribution in [2.24, 2.45) is 7.05 Å². The molecule has 10 nitrogen and oxygen atoms in total. The molecule has 9 heterocycles. The Morgan fingerprint density at radius 3 is 0.891 bits per heavy atom. The minimum atomic E-state index is -1.01. The molecular formula is C98H95Br2Ir5N10P4-. The Morgan fingerprint density at radius 1 is 0.277 bits per heavy atom. The first-order valence-corrected chi connectivity index (χ1v) is 51.1. The Balaban J connectivity index is 0.000000246. The van der Waals surface area contributed by atoms with Gasteiger partial charge in [-0.3, -0.25) is 0 Å². The van der Waals surface area contributed by atoms with Gasteiger partial charge in [0.25, 0.3) is 0 Å². The molecule has 617 valence electrons. The molecule has 0 saturated heterocycles. The molecule has 7 aromatic carbocycles. The smallest absolute Gasteiger partial charge is 0.247 e. The van der Waals surface area contributed by atoms with Crippen molar-refractivity contribution < 1.29 is 110 Å². The van der Waals surface area contributed by atoms with Crippen LogP contribution in [0.5, 0.6) is 0 Å². The zero-order chi connectivity index (χ0) is 80.9. The van der Waals surface area contributed by atoms with Gasteiger partial charge in [-0.25, -0.2) is 9.13 Å². The first-order valence-electron chi connectivity index (χ1n) is 37.0. The number of pyridine rings is 8. The Morgan fingerprint density at radius 2 is 0.571 bits per heavy atom. The normalized spacial score (nSPS) is 10.5. The van der Waals surface area contributed by atoms with Gasteiger partial charge in [0.05, 0.1) is 98.0 Å². The summed E-state index contributed by atoms with van der Waals surface area (Å²) in [4.78, 5) is 30.4. The predicted molar refractivity (Wildman–Crippen MR) is 494 cm³/mol. The van der Waals surface area contributed by atoms with Crippen LogP contribution in [0.15, 0.2) is 350 Å². The van der Waals surface area contributed by atoms with E-state index in [-0.39, 0.29) is 101 Å². The number of imidazole rings is 1. The number of hydrogen-bond donors (Lipinski definition) is 0. The van der Waals surface area contributed by atoms with Crippen molar-refractivity contribution in [2.45, 2.75) is 0 Å². The third-order valence-electron chi connectivity index (χ3n) is 17.3. The molecule has 16 rings (SSSR count). The quantitative estimate of drug-likeness (QED) is 0.0643. The van der Waals surface area contributed by atoms with Crippen LogP contribution in [-0.4, -0.2) is 119 Å². The van der Waals surface area contributed by atoms with Crippen molar-refractivity contribution in [1.82, 2.24) is 39.5 Å². The first-order chi connectivity index (χ1) is 54.8. The maximum atomic E-state index is 4.55. The Kier molecular flexibility index (Phi) is 44.0. The number of aromatic nitrogens is 10. The summed E-state index contributed by atoms with van der Waals surface area (Å²) in [5.74, 6) is 0. The number of halogens is 2. The Labute approximate surface area is 792 Å². The fourth-order valence-corrected chi connectivity index (χ4v) is 15.9. The third kappa shape index (κ3) is 33.6. The van der Waals surface area contributed by atoms with Crippen LogP contribution < -0.4 is 30.4 Å². The van der Waals surface area contributed by atoms with Crippen LogP contribution in [0.3, 0.4) is 0 Å². The second-order valence-electron chi connectivity index (χ2n) is 29.7. The van der Waals surface area contributed by atoms with E-state index < -0.39 is 29.0 Å². The number of aryl methyl sites for hydroxylation is 1. The molecule has 0 bridgehead atoms. The standard InChI is InChI=1S/C17H24NP2.C16H12N2.C15H13N3.2C14H16NP.2C11H7BrN.5Ir/c1-19(2,3)15-9-7-8-14(12-15)17-13-16(10-11-18-17)20(4,5)6;1-4-11-18(12-5-1)15-8-6-7-14(13-15)16-9-2-3-10-17-16;1-17-9-10-18(12-17)14-6-4-5-13(11-14)15-7-2-3-8-16-15;2*1-16(2,3)13-8-6-7-12(11-13)14-9-4-5-10-15-14;2*12-10-5-3-4-9(8-10)11-6-1-2-7-13-11;;;;;/h7,9-13H,1-6H3;1-6,8-13H;2-4,6-12H,1H3;2*4-6,8-11H,1-3H3;2*1-3,5-8H;;;;;/q+1;;;;;2*-1;;;;;. The van der Waals surface area contributed by atoms with Crippen LogP contribution in [0.2, 0.25) is 0 Å². The van der Waals surface area contributed by atoms with Crippen LogP contribution in [0, 0.1) is 42.5 Å². The summed E-state index contributed by atoms with van der Waals surface area (Å²) >= 11 is 6.82. The summed E-state index contributed by atoms with van der Waals surface area (Å²) in [5.41, 5.74) is 16.4. The van der Waals surface area contributed by atoms with Gasteiger partial charge in [0, 0.05) is 201 Å². The maximum absolute atomic E-state index is 4.55. The first kappa shape index (κ1) is 102. The predicted octanol–water partition coefficient (Wildman–Crippen LogP) is 21.4. The monoisotopic (exact) mass is 2660 g/mol. The zero-order valence-corrected chi connectivity index (χ0v) is 87.2. The van der Waals surface area contributed by atoms with Crippen molar-refractivity contribution in [1.29, 1.82) is 0 Å². The van der Waals surface area contributed by atoms with Crippen molar-refractivity contribution in [3.63, 3.8) is 0 Å². The summed E-state index contributed by atoms with van der Waals surface area (Å²) in [6.07, 6.45) is 22.8. The van der Waals surface area contributed by atoms with Crippen LogP contribution in [-0.2, 0) is 108 Å². The van der Waals surface area contributed by atoms with E-state index in [0.29, 0.717) is 0 Å². The van der Waals surface area contributed by atoms with Gasteiger partial charge in [0.1, 0.15) is 18.1 Å². The fraction of sp³-hybridized carbons (Fsp3) is 0.133. The summed E-state index contributed by atoms with van der Waals surface area (Å²) < 4.78 is 8.25. The molecule has 16 aromatic rings. The molecule has 0 N–H and O–H groups in total. The minimum absolute atomic E-state index is 0. The molecule has 0 atom stereocenters. The average Bonchev–Trinajstić information content (AvgIpc) is 1.80. The number of benzene rings is 7. The average molecular weight is 2660 g/mol. The van der Waals surface area contributed by atoms with E-state index in [4.69, 9.17) is 0 Å². The van der Waals surface area contributed by atoms with Gasteiger partial charge in [-0.05, 0) is 88.4 Å². The minimum Gasteiger partial charge on any atom is -0.305 e. The van der Waals surface area contributed by atoms with Crippen molar-refractivity contribution in [3.8, 4) is 90.2 Å². The molecule has 0 aliphatic rings. The molecular weight excluding hydrogens is 2560 g/mol. The Hall–Kier alpha value is -7.12. The fourth-order valence-electron chi connectivity index (χ4n) is 11.0. The van der Waals surface area contributed by atoms with Gasteiger partial charge in [0.15, 0.2) is 12.4 Å². The zero-order valence-electron chi connectivity index (χ0n) is 68.5. The SMILES string of the molecule is Brc1cc[c-]c(-c2ccccn2)c1.Brc1cc[c-]c(-c2ccccn2)c1.C[P+](C)(C)c1cc[c-]c(-c2cc([P+](C)(C)C)ccn2)c1.C[P+](C)(C)c1cc[c-]c(-c2ccccn2)c1.C[P+](C)(C)c1cc[c-]c(-c2ccccn2)c1.C[n+]1ccn(-c2cc[c-]c(-c3ccccn3)c2)c1.[Ir].[Ir].[Ir].[Ir].[Ir].[c-]1ccc(-[n+]2ccccc2)cc1-c1ccccn1. The van der Waals surface area contributed by atoms with E-state index >= 15 is 0 Å². The van der Waals surface area contributed by atoms with Gasteiger partial charge in [-0.1, -0.05) is 144 Å². The van der Waals surface area contributed by atoms with E-state index in [1.54, 1.807) is 24.8 Å². The van der Waals surface area contributed by atoms with Gasteiger partial charge < -0.3 is 34.9 Å². The van der Waals surface area contributed by atoms with Crippen LogP contribution in [0.25, 0.3) is 90.2 Å². The maximum Gasteiger partial charge on any atom is 0.247 e. The van der Waals surface area contributed by atoms with E-state index in [0.717, 1.165) is 99.1 Å². The van der Waals surface area contributed by atoms with E-state index in [9.17, 15) is 0 Å². The Bertz CT molecular complexity index is 5340. The topological polar surface area (TPSA) is 103 Å². The molecule has 119 heavy (non-hydrogen) atoms. The summed E-state index contributed by atoms with van der Waals surface area (Å²) in [7, 11) is -1.93. The molecule has 0 fully saturated rings. The number of hydrogen-bond acceptors (Lipinski definition) is 7. The van der Waals surface area contributed by atoms with Crippen LogP contribution in [0.4, 0.5) is 0 Å². The third-order valence-corrected chi connectivity index (χ3v) is 25.6. The van der Waals surface area contributed by atoms with Crippen LogP contribution >= 0.6 is 60.9 Å². The van der Waals surface area contributed by atoms with Gasteiger partial charge >= 0.3 is 0 Å². The summed E-state index contributed by atoms with van der Waals surface area (Å²) in [6, 6.07) is 111. The van der Waals surface area contributed by atoms with Crippen molar-refractivity contribution in [3.05, 3.63) is 393 Å². The molecule has 0 saturated carbocycles. The second kappa shape index (κ2) is 51.1. The van der Waals surface area contributed by atoms with Crippen molar-refractivity contribution >= 4 is 82.1 Å². The van der Waals surface area contributed by atoms with E-state index in [2.05, 4.69) is 259 Å². The molecule has 0 amide bonds.